The van der Waals surface area contributed by atoms with Gasteiger partial charge in [0.1, 0.15) is 0 Å². The fourth-order valence-electron chi connectivity index (χ4n) is 2.43. The number of para-hydroxylation sites is 1. The van der Waals surface area contributed by atoms with Crippen LogP contribution >= 0.6 is 0 Å². The molecule has 3 rings (SSSR count). The number of ether oxygens (including phenoxy) is 1. The molecule has 0 aliphatic carbocycles. The maximum absolute atomic E-state index is 13.7. The first-order valence-corrected chi connectivity index (χ1v) is 5.98. The summed E-state index contributed by atoms with van der Waals surface area (Å²) in [6, 6.07) is 13.3. The third-order valence-corrected chi connectivity index (χ3v) is 3.33. The molecule has 0 aromatic heterocycles. The summed E-state index contributed by atoms with van der Waals surface area (Å²) in [5, 5.41) is 0. The molecular weight excluding hydrogens is 229 g/mol. The van der Waals surface area contributed by atoms with Crippen molar-refractivity contribution in [3.8, 4) is 5.75 Å². The van der Waals surface area contributed by atoms with Gasteiger partial charge in [0.2, 0.25) is 0 Å². The summed E-state index contributed by atoms with van der Waals surface area (Å²) in [4.78, 5) is 2.14. The zero-order chi connectivity index (χ0) is 12.5. The van der Waals surface area contributed by atoms with Crippen LogP contribution in [0.2, 0.25) is 0 Å². The summed E-state index contributed by atoms with van der Waals surface area (Å²) in [5.74, 6) is -0.0365. The van der Waals surface area contributed by atoms with Crippen molar-refractivity contribution in [3.05, 3.63) is 53.8 Å². The van der Waals surface area contributed by atoms with E-state index in [1.165, 1.54) is 24.4 Å². The second-order valence-electron chi connectivity index (χ2n) is 4.35. The predicted octanol–water partition coefficient (Wildman–Crippen LogP) is 3.53. The molecule has 3 heteroatoms. The van der Waals surface area contributed by atoms with Crippen molar-refractivity contribution in [2.45, 2.75) is 6.42 Å². The lowest BCUT2D eigenvalue weighted by atomic mass is 10.2. The van der Waals surface area contributed by atoms with Crippen molar-refractivity contribution in [2.24, 2.45) is 0 Å². The Labute approximate surface area is 106 Å². The minimum Gasteiger partial charge on any atom is -0.494 e. The molecule has 2 aromatic rings. The normalized spacial score (nSPS) is 13.6. The SMILES string of the molecule is COc1ccc(N2CCc3ccccc32)cc1F. The first-order valence-electron chi connectivity index (χ1n) is 5.98. The number of benzene rings is 2. The summed E-state index contributed by atoms with van der Waals surface area (Å²) in [7, 11) is 1.48. The first kappa shape index (κ1) is 11.1. The number of hydrogen-bond acceptors (Lipinski definition) is 2. The molecule has 0 N–H and O–H groups in total. The van der Waals surface area contributed by atoms with E-state index in [-0.39, 0.29) is 11.6 Å². The maximum atomic E-state index is 13.7. The molecule has 0 unspecified atom stereocenters. The number of hydrogen-bond donors (Lipinski definition) is 0. The van der Waals surface area contributed by atoms with Gasteiger partial charge in [-0.2, -0.15) is 0 Å². The second kappa shape index (κ2) is 4.33. The van der Waals surface area contributed by atoms with Gasteiger partial charge in [0, 0.05) is 24.0 Å². The molecule has 2 nitrogen and oxygen atoms in total. The molecule has 0 bridgehead atoms. The van der Waals surface area contributed by atoms with Gasteiger partial charge in [-0.3, -0.25) is 0 Å². The average molecular weight is 243 g/mol. The van der Waals surface area contributed by atoms with Gasteiger partial charge in [-0.1, -0.05) is 18.2 Å². The van der Waals surface area contributed by atoms with Gasteiger partial charge in [0.05, 0.1) is 7.11 Å². The fraction of sp³-hybridized carbons (Fsp3) is 0.200. The number of fused-ring (bicyclic) bond motifs is 1. The van der Waals surface area contributed by atoms with Crippen LogP contribution in [0.5, 0.6) is 5.75 Å². The zero-order valence-corrected chi connectivity index (χ0v) is 10.2. The highest BCUT2D eigenvalue weighted by Crippen LogP contribution is 2.35. The Hall–Kier alpha value is -2.03. The zero-order valence-electron chi connectivity index (χ0n) is 10.2. The van der Waals surface area contributed by atoms with E-state index in [0.717, 1.165) is 18.7 Å². The highest BCUT2D eigenvalue weighted by molar-refractivity contribution is 5.70. The largest absolute Gasteiger partial charge is 0.494 e. The number of anilines is 2. The molecule has 1 heterocycles. The average Bonchev–Trinajstić information content (AvgIpc) is 2.82. The van der Waals surface area contributed by atoms with E-state index in [2.05, 4.69) is 17.0 Å². The van der Waals surface area contributed by atoms with Gasteiger partial charge in [0.25, 0.3) is 0 Å². The maximum Gasteiger partial charge on any atom is 0.167 e. The molecule has 18 heavy (non-hydrogen) atoms. The second-order valence-corrected chi connectivity index (χ2v) is 4.35. The molecule has 0 amide bonds. The van der Waals surface area contributed by atoms with Gasteiger partial charge < -0.3 is 9.64 Å². The minimum atomic E-state index is -0.320. The van der Waals surface area contributed by atoms with Crippen LogP contribution in [0.15, 0.2) is 42.5 Å². The Balaban J connectivity index is 2.00. The summed E-state index contributed by atoms with van der Waals surface area (Å²) >= 11 is 0. The first-order chi connectivity index (χ1) is 8.79. The van der Waals surface area contributed by atoms with E-state index < -0.39 is 0 Å². The van der Waals surface area contributed by atoms with Crippen molar-refractivity contribution in [2.75, 3.05) is 18.6 Å². The predicted molar refractivity (Wildman–Crippen MR) is 70.1 cm³/mol. The van der Waals surface area contributed by atoms with Crippen molar-refractivity contribution in [3.63, 3.8) is 0 Å². The van der Waals surface area contributed by atoms with E-state index in [1.54, 1.807) is 6.07 Å². The van der Waals surface area contributed by atoms with Crippen LogP contribution in [0, 0.1) is 5.82 Å². The molecule has 1 aliphatic heterocycles. The number of methoxy groups -OCH3 is 1. The third-order valence-electron chi connectivity index (χ3n) is 3.33. The van der Waals surface area contributed by atoms with E-state index in [0.29, 0.717) is 0 Å². The Bertz CT molecular complexity index is 582. The fourth-order valence-corrected chi connectivity index (χ4v) is 2.43. The molecule has 2 aromatic carbocycles. The molecule has 0 saturated carbocycles. The summed E-state index contributed by atoms with van der Waals surface area (Å²) in [6.07, 6.45) is 1.00. The molecule has 0 fully saturated rings. The molecule has 0 radical (unpaired) electrons. The number of rotatable bonds is 2. The lowest BCUT2D eigenvalue weighted by molar-refractivity contribution is 0.386. The van der Waals surface area contributed by atoms with E-state index in [1.807, 2.05) is 18.2 Å². The van der Waals surface area contributed by atoms with Crippen LogP contribution in [-0.2, 0) is 6.42 Å². The minimum absolute atomic E-state index is 0.284. The quantitative estimate of drug-likeness (QED) is 0.800. The molecule has 0 atom stereocenters. The van der Waals surface area contributed by atoms with Crippen LogP contribution < -0.4 is 9.64 Å². The van der Waals surface area contributed by atoms with Crippen LogP contribution in [0.3, 0.4) is 0 Å². The van der Waals surface area contributed by atoms with Crippen molar-refractivity contribution < 1.29 is 9.13 Å². The Kier molecular flexibility index (Phi) is 2.67. The van der Waals surface area contributed by atoms with Gasteiger partial charge in [-0.25, -0.2) is 4.39 Å². The van der Waals surface area contributed by atoms with Crippen LogP contribution in [0.4, 0.5) is 15.8 Å². The smallest absolute Gasteiger partial charge is 0.167 e. The van der Waals surface area contributed by atoms with Crippen LogP contribution in [0.25, 0.3) is 0 Å². The number of nitrogens with zero attached hydrogens (tertiary/aromatic N) is 1. The van der Waals surface area contributed by atoms with Crippen molar-refractivity contribution in [1.29, 1.82) is 0 Å². The number of halogens is 1. The van der Waals surface area contributed by atoms with E-state index in [9.17, 15) is 4.39 Å². The molecule has 92 valence electrons. The standard InChI is InChI=1S/C15H14FNO/c1-18-15-7-6-12(10-13(15)16)17-9-8-11-4-2-3-5-14(11)17/h2-7,10H,8-9H2,1H3. The lowest BCUT2D eigenvalue weighted by Gasteiger charge is -2.20. The molecular formula is C15H14FNO. The highest BCUT2D eigenvalue weighted by Gasteiger charge is 2.20. The van der Waals surface area contributed by atoms with E-state index in [4.69, 9.17) is 4.74 Å². The summed E-state index contributed by atoms with van der Waals surface area (Å²) in [5.41, 5.74) is 3.36. The monoisotopic (exact) mass is 243 g/mol. The molecule has 0 saturated heterocycles. The Morgan fingerprint density at radius 1 is 1.17 bits per heavy atom. The van der Waals surface area contributed by atoms with Crippen LogP contribution in [-0.4, -0.2) is 13.7 Å². The van der Waals surface area contributed by atoms with Gasteiger partial charge >= 0.3 is 0 Å². The Morgan fingerprint density at radius 3 is 2.78 bits per heavy atom. The Morgan fingerprint density at radius 2 is 2.00 bits per heavy atom. The summed E-state index contributed by atoms with van der Waals surface area (Å²) < 4.78 is 18.7. The van der Waals surface area contributed by atoms with Crippen molar-refractivity contribution in [1.82, 2.24) is 0 Å². The van der Waals surface area contributed by atoms with Gasteiger partial charge in [-0.05, 0) is 30.2 Å². The molecule has 1 aliphatic rings. The van der Waals surface area contributed by atoms with Crippen molar-refractivity contribution >= 4 is 11.4 Å². The lowest BCUT2D eigenvalue weighted by Crippen LogP contribution is -2.13. The highest BCUT2D eigenvalue weighted by atomic mass is 19.1. The van der Waals surface area contributed by atoms with Gasteiger partial charge in [0.15, 0.2) is 11.6 Å². The third kappa shape index (κ3) is 1.72. The van der Waals surface area contributed by atoms with Gasteiger partial charge in [-0.15, -0.1) is 0 Å². The topological polar surface area (TPSA) is 12.5 Å². The summed E-state index contributed by atoms with van der Waals surface area (Å²) in [6.45, 7) is 0.894. The van der Waals surface area contributed by atoms with Crippen LogP contribution in [0.1, 0.15) is 5.56 Å². The molecule has 0 spiro atoms. The van der Waals surface area contributed by atoms with E-state index >= 15 is 0 Å².